The molecule has 1 N–H and O–H groups in total. The Morgan fingerprint density at radius 1 is 1.29 bits per heavy atom. The highest BCUT2D eigenvalue weighted by atomic mass is 16.5. The molecule has 3 heterocycles. The van der Waals surface area contributed by atoms with Crippen LogP contribution >= 0.6 is 0 Å². The Morgan fingerprint density at radius 2 is 2.05 bits per heavy atom. The van der Waals surface area contributed by atoms with Crippen molar-refractivity contribution in [1.29, 1.82) is 0 Å². The van der Waals surface area contributed by atoms with E-state index >= 15 is 0 Å². The molecule has 1 amide bonds. The quantitative estimate of drug-likeness (QED) is 0.782. The van der Waals surface area contributed by atoms with Crippen LogP contribution < -0.4 is 5.32 Å². The normalized spacial score (nSPS) is 10.6. The second-order valence-electron chi connectivity index (χ2n) is 4.39. The lowest BCUT2D eigenvalue weighted by Crippen LogP contribution is -2.14. The third-order valence-electron chi connectivity index (χ3n) is 2.89. The molecule has 3 aromatic rings. The zero-order valence-corrected chi connectivity index (χ0v) is 11.4. The van der Waals surface area contributed by atoms with Crippen LogP contribution in [0.15, 0.2) is 35.6 Å². The van der Waals surface area contributed by atoms with Crippen LogP contribution in [0.1, 0.15) is 21.8 Å². The number of nitrogens with zero attached hydrogens (tertiary/aromatic N) is 5. The van der Waals surface area contributed by atoms with E-state index in [1.54, 1.807) is 37.1 Å². The molecule has 0 saturated carbocycles. The number of anilines is 1. The second kappa shape index (κ2) is 5.16. The second-order valence-corrected chi connectivity index (χ2v) is 4.39. The third kappa shape index (κ3) is 2.50. The number of hydrogen-bond donors (Lipinski definition) is 1. The number of carbonyl (C=O) groups excluding carboxylic acids is 1. The first-order chi connectivity index (χ1) is 10.1. The first kappa shape index (κ1) is 13.0. The highest BCUT2D eigenvalue weighted by Gasteiger charge is 2.17. The molecular formula is C13H12N6O2. The first-order valence-electron chi connectivity index (χ1n) is 6.20. The molecule has 3 aromatic heterocycles. The summed E-state index contributed by atoms with van der Waals surface area (Å²) in [7, 11) is 0. The molecule has 3 rings (SSSR count). The predicted molar refractivity (Wildman–Crippen MR) is 73.1 cm³/mol. The summed E-state index contributed by atoms with van der Waals surface area (Å²) in [6, 6.07) is 0. The number of amides is 1. The lowest BCUT2D eigenvalue weighted by atomic mass is 10.2. The van der Waals surface area contributed by atoms with E-state index < -0.39 is 0 Å². The molecule has 106 valence electrons. The zero-order valence-electron chi connectivity index (χ0n) is 11.4. The molecular weight excluding hydrogens is 272 g/mol. The molecule has 8 nitrogen and oxygen atoms in total. The summed E-state index contributed by atoms with van der Waals surface area (Å²) < 4.78 is 6.64. The van der Waals surface area contributed by atoms with Gasteiger partial charge < -0.3 is 9.84 Å². The summed E-state index contributed by atoms with van der Waals surface area (Å²) in [6.45, 7) is 3.40. The number of carbonyl (C=O) groups is 1. The van der Waals surface area contributed by atoms with Crippen LogP contribution in [0, 0.1) is 13.8 Å². The summed E-state index contributed by atoms with van der Waals surface area (Å²) in [6.07, 6.45) is 8.02. The lowest BCUT2D eigenvalue weighted by molar-refractivity contribution is 0.102. The van der Waals surface area contributed by atoms with Crippen molar-refractivity contribution in [1.82, 2.24) is 24.7 Å². The van der Waals surface area contributed by atoms with Crippen molar-refractivity contribution in [2.75, 3.05) is 5.32 Å². The summed E-state index contributed by atoms with van der Waals surface area (Å²) in [5, 5.41) is 6.46. The highest BCUT2D eigenvalue weighted by molar-refractivity contribution is 6.05. The van der Waals surface area contributed by atoms with Gasteiger partial charge in [-0.2, -0.15) is 0 Å². The van der Waals surface area contributed by atoms with E-state index in [4.69, 9.17) is 4.52 Å². The van der Waals surface area contributed by atoms with E-state index in [-0.39, 0.29) is 5.91 Å². The summed E-state index contributed by atoms with van der Waals surface area (Å²) in [5.41, 5.74) is 1.46. The maximum atomic E-state index is 12.1. The molecule has 0 aliphatic rings. The van der Waals surface area contributed by atoms with E-state index in [0.29, 0.717) is 28.7 Å². The third-order valence-corrected chi connectivity index (χ3v) is 2.89. The van der Waals surface area contributed by atoms with Crippen LogP contribution in [0.2, 0.25) is 0 Å². The average molecular weight is 284 g/mol. The minimum atomic E-state index is -0.301. The van der Waals surface area contributed by atoms with Crippen LogP contribution in [0.3, 0.4) is 0 Å². The van der Waals surface area contributed by atoms with Crippen LogP contribution in [-0.2, 0) is 0 Å². The largest absolute Gasteiger partial charge is 0.361 e. The molecule has 0 aromatic carbocycles. The van der Waals surface area contributed by atoms with Crippen molar-refractivity contribution in [2.45, 2.75) is 13.8 Å². The van der Waals surface area contributed by atoms with E-state index in [2.05, 4.69) is 25.4 Å². The minimum absolute atomic E-state index is 0.301. The topological polar surface area (TPSA) is 98.7 Å². The molecule has 0 saturated heterocycles. The molecule has 0 spiro atoms. The molecule has 8 heteroatoms. The van der Waals surface area contributed by atoms with E-state index in [9.17, 15) is 4.79 Å². The van der Waals surface area contributed by atoms with Crippen LogP contribution in [0.4, 0.5) is 5.69 Å². The Hall–Kier alpha value is -3.03. The van der Waals surface area contributed by atoms with E-state index in [1.807, 2.05) is 0 Å². The highest BCUT2D eigenvalue weighted by Crippen LogP contribution is 2.15. The molecule has 0 bridgehead atoms. The van der Waals surface area contributed by atoms with Crippen molar-refractivity contribution in [2.24, 2.45) is 0 Å². The Morgan fingerprint density at radius 3 is 2.62 bits per heavy atom. The fraction of sp³-hybridized carbons (Fsp3) is 0.154. The maximum Gasteiger partial charge on any atom is 0.261 e. The van der Waals surface area contributed by atoms with Gasteiger partial charge in [0.15, 0.2) is 0 Å². The van der Waals surface area contributed by atoms with Gasteiger partial charge in [0.1, 0.15) is 17.7 Å². The summed E-state index contributed by atoms with van der Waals surface area (Å²) in [4.78, 5) is 24.4. The molecule has 0 radical (unpaired) electrons. The predicted octanol–water partition coefficient (Wildman–Crippen LogP) is 1.52. The smallest absolute Gasteiger partial charge is 0.261 e. The monoisotopic (exact) mass is 284 g/mol. The van der Waals surface area contributed by atoms with Crippen molar-refractivity contribution >= 4 is 11.6 Å². The van der Waals surface area contributed by atoms with Gasteiger partial charge in [-0.15, -0.1) is 0 Å². The standard InChI is InChI=1S/C13H12N6O2/c1-8-11(9(2)21-18-8)12(20)17-10-5-15-13(16-6-10)19-4-3-14-7-19/h3-7H,1-2H3,(H,17,20). The Balaban J connectivity index is 1.78. The SMILES string of the molecule is Cc1noc(C)c1C(=O)Nc1cnc(-n2ccnc2)nc1. The van der Waals surface area contributed by atoms with Gasteiger partial charge in [-0.1, -0.05) is 5.16 Å². The van der Waals surface area contributed by atoms with Crippen molar-refractivity contribution in [3.8, 4) is 5.95 Å². The molecule has 0 fully saturated rings. The summed E-state index contributed by atoms with van der Waals surface area (Å²) >= 11 is 0. The number of aromatic nitrogens is 5. The van der Waals surface area contributed by atoms with E-state index in [1.165, 1.54) is 12.4 Å². The fourth-order valence-electron chi connectivity index (χ4n) is 1.90. The van der Waals surface area contributed by atoms with Crippen molar-refractivity contribution in [3.05, 3.63) is 48.1 Å². The number of rotatable bonds is 3. The zero-order chi connectivity index (χ0) is 14.8. The van der Waals surface area contributed by atoms with Crippen LogP contribution in [0.5, 0.6) is 0 Å². The average Bonchev–Trinajstić information content (AvgIpc) is 3.10. The Kier molecular flexibility index (Phi) is 3.19. The van der Waals surface area contributed by atoms with Crippen LogP contribution in [-0.4, -0.2) is 30.6 Å². The van der Waals surface area contributed by atoms with Gasteiger partial charge in [-0.3, -0.25) is 9.36 Å². The fourth-order valence-corrected chi connectivity index (χ4v) is 1.90. The van der Waals surface area contributed by atoms with Gasteiger partial charge in [0.2, 0.25) is 5.95 Å². The number of hydrogen-bond acceptors (Lipinski definition) is 6. The van der Waals surface area contributed by atoms with Crippen LogP contribution in [0.25, 0.3) is 5.95 Å². The minimum Gasteiger partial charge on any atom is -0.361 e. The van der Waals surface area contributed by atoms with Crippen molar-refractivity contribution in [3.63, 3.8) is 0 Å². The van der Waals surface area contributed by atoms with E-state index in [0.717, 1.165) is 0 Å². The number of nitrogens with one attached hydrogen (secondary N) is 1. The van der Waals surface area contributed by atoms with Gasteiger partial charge in [0, 0.05) is 12.4 Å². The van der Waals surface area contributed by atoms with Gasteiger partial charge in [-0.05, 0) is 13.8 Å². The Labute approximate surface area is 119 Å². The van der Waals surface area contributed by atoms with Gasteiger partial charge in [0.25, 0.3) is 5.91 Å². The molecule has 21 heavy (non-hydrogen) atoms. The Bertz CT molecular complexity index is 741. The molecule has 0 aliphatic heterocycles. The molecule has 0 unspecified atom stereocenters. The number of aryl methyl sites for hydroxylation is 2. The van der Waals surface area contributed by atoms with Gasteiger partial charge in [-0.25, -0.2) is 15.0 Å². The van der Waals surface area contributed by atoms with Gasteiger partial charge >= 0.3 is 0 Å². The number of imidazole rings is 1. The molecule has 0 aliphatic carbocycles. The van der Waals surface area contributed by atoms with Gasteiger partial charge in [0.05, 0.1) is 23.8 Å². The first-order valence-corrected chi connectivity index (χ1v) is 6.20. The summed E-state index contributed by atoms with van der Waals surface area (Å²) in [5.74, 6) is 0.647. The maximum absolute atomic E-state index is 12.1. The lowest BCUT2D eigenvalue weighted by Gasteiger charge is -2.05. The molecule has 0 atom stereocenters. The van der Waals surface area contributed by atoms with Crippen molar-refractivity contribution < 1.29 is 9.32 Å².